The van der Waals surface area contributed by atoms with E-state index < -0.39 is 0 Å². The molecule has 1 amide bonds. The number of anilines is 1. The predicted octanol–water partition coefficient (Wildman–Crippen LogP) is 2.73. The number of nitrogens with one attached hydrogen (secondary N) is 1. The highest BCUT2D eigenvalue weighted by Crippen LogP contribution is 2.34. The van der Waals surface area contributed by atoms with Crippen LogP contribution in [0.25, 0.3) is 5.69 Å². The van der Waals surface area contributed by atoms with Crippen molar-refractivity contribution in [1.29, 1.82) is 0 Å². The van der Waals surface area contributed by atoms with Gasteiger partial charge >= 0.3 is 0 Å². The molecule has 4 rings (SSSR count). The second kappa shape index (κ2) is 7.89. The van der Waals surface area contributed by atoms with E-state index in [0.29, 0.717) is 28.8 Å². The average molecular weight is 397 g/mol. The van der Waals surface area contributed by atoms with Gasteiger partial charge < -0.3 is 14.8 Å². The number of fused-ring (bicyclic) bond motifs is 1. The highest BCUT2D eigenvalue weighted by molar-refractivity contribution is 8.00. The number of carbonyl (C=O) groups is 1. The lowest BCUT2D eigenvalue weighted by Gasteiger charge is -2.14. The first-order valence-electron chi connectivity index (χ1n) is 8.76. The molecule has 0 unspecified atom stereocenters. The fourth-order valence-corrected chi connectivity index (χ4v) is 4.07. The van der Waals surface area contributed by atoms with Crippen LogP contribution in [0, 0.1) is 0 Å². The molecule has 0 spiro atoms. The molecule has 0 saturated carbocycles. The second-order valence-electron chi connectivity index (χ2n) is 6.20. The Bertz CT molecular complexity index is 1010. The van der Waals surface area contributed by atoms with Gasteiger partial charge in [-0.05, 0) is 47.0 Å². The summed E-state index contributed by atoms with van der Waals surface area (Å²) in [4.78, 5) is 12.7. The van der Waals surface area contributed by atoms with Crippen molar-refractivity contribution in [3.63, 3.8) is 0 Å². The molecule has 0 fully saturated rings. The molecule has 0 radical (unpaired) electrons. The fourth-order valence-electron chi connectivity index (χ4n) is 3.10. The summed E-state index contributed by atoms with van der Waals surface area (Å²) in [5.41, 5.74) is 2.64. The van der Waals surface area contributed by atoms with Crippen molar-refractivity contribution in [2.45, 2.75) is 23.2 Å². The Morgan fingerprint density at radius 3 is 2.86 bits per heavy atom. The van der Waals surface area contributed by atoms with Gasteiger partial charge in [0, 0.05) is 11.8 Å². The van der Waals surface area contributed by atoms with Crippen LogP contribution in [0.2, 0.25) is 0 Å². The van der Waals surface area contributed by atoms with E-state index in [9.17, 15) is 4.79 Å². The Morgan fingerprint density at radius 1 is 1.18 bits per heavy atom. The number of aryl methyl sites for hydroxylation is 1. The van der Waals surface area contributed by atoms with Crippen molar-refractivity contribution in [2.75, 3.05) is 19.5 Å². The van der Waals surface area contributed by atoms with Gasteiger partial charge in [0.2, 0.25) is 11.1 Å². The normalized spacial score (nSPS) is 16.1. The number of benzene rings is 2. The molecule has 1 aliphatic rings. The minimum atomic E-state index is -0.311. The van der Waals surface area contributed by atoms with Gasteiger partial charge in [-0.25, -0.2) is 0 Å². The number of amides is 1. The van der Waals surface area contributed by atoms with E-state index in [1.165, 1.54) is 11.8 Å². The van der Waals surface area contributed by atoms with E-state index in [0.717, 1.165) is 17.7 Å². The van der Waals surface area contributed by atoms with E-state index in [2.05, 4.69) is 20.8 Å². The Kier molecular flexibility index (Phi) is 5.16. The smallest absolute Gasteiger partial charge is 0.237 e. The molecule has 0 bridgehead atoms. The molecule has 28 heavy (non-hydrogen) atoms. The van der Waals surface area contributed by atoms with Crippen molar-refractivity contribution in [3.8, 4) is 17.2 Å². The molecule has 144 valence electrons. The summed E-state index contributed by atoms with van der Waals surface area (Å²) >= 11 is 1.34. The molecule has 0 aliphatic carbocycles. The second-order valence-corrected chi connectivity index (χ2v) is 7.37. The Balaban J connectivity index is 1.62. The quantitative estimate of drug-likeness (QED) is 0.708. The number of hydrogen-bond acceptors (Lipinski definition) is 7. The molecule has 8 nitrogen and oxygen atoms in total. The van der Waals surface area contributed by atoms with Crippen molar-refractivity contribution in [2.24, 2.45) is 0 Å². The number of carbonyl (C=O) groups excluding carboxylic acids is 1. The van der Waals surface area contributed by atoms with Crippen molar-refractivity contribution in [3.05, 3.63) is 48.0 Å². The third-order valence-electron chi connectivity index (χ3n) is 4.55. The lowest BCUT2D eigenvalue weighted by atomic mass is 10.1. The lowest BCUT2D eigenvalue weighted by molar-refractivity contribution is -0.115. The predicted molar refractivity (Wildman–Crippen MR) is 105 cm³/mol. The maximum absolute atomic E-state index is 12.7. The van der Waals surface area contributed by atoms with E-state index in [1.807, 2.05) is 24.3 Å². The van der Waals surface area contributed by atoms with Gasteiger partial charge in [-0.15, -0.1) is 5.10 Å². The molecule has 0 saturated heterocycles. The van der Waals surface area contributed by atoms with E-state index in [1.54, 1.807) is 37.1 Å². The number of methoxy groups -OCH3 is 2. The zero-order chi connectivity index (χ0) is 19.5. The van der Waals surface area contributed by atoms with Gasteiger partial charge in [0.15, 0.2) is 0 Å². The number of nitrogens with zero attached hydrogens (tertiary/aromatic N) is 4. The molecule has 1 aliphatic heterocycles. The minimum Gasteiger partial charge on any atom is -0.497 e. The maximum atomic E-state index is 12.7. The molecule has 3 aromatic rings. The fraction of sp³-hybridized carbons (Fsp3) is 0.263. The van der Waals surface area contributed by atoms with Crippen LogP contribution in [0.15, 0.2) is 47.6 Å². The van der Waals surface area contributed by atoms with Gasteiger partial charge in [0.25, 0.3) is 0 Å². The molecular formula is C19H19N5O3S. The largest absolute Gasteiger partial charge is 0.497 e. The summed E-state index contributed by atoms with van der Waals surface area (Å²) in [6, 6.07) is 13.2. The maximum Gasteiger partial charge on any atom is 0.237 e. The first-order valence-corrected chi connectivity index (χ1v) is 9.64. The first-order chi connectivity index (χ1) is 13.7. The van der Waals surface area contributed by atoms with Crippen LogP contribution in [-0.4, -0.2) is 45.6 Å². The van der Waals surface area contributed by atoms with Crippen LogP contribution in [0.4, 0.5) is 5.69 Å². The molecule has 1 N–H and O–H groups in total. The lowest BCUT2D eigenvalue weighted by Crippen LogP contribution is -2.24. The number of hydrogen-bond donors (Lipinski definition) is 1. The highest BCUT2D eigenvalue weighted by atomic mass is 32.2. The summed E-state index contributed by atoms with van der Waals surface area (Å²) in [5, 5.41) is 15.2. The highest BCUT2D eigenvalue weighted by Gasteiger charge is 2.27. The summed E-state index contributed by atoms with van der Waals surface area (Å²) in [5.74, 6) is 1.21. The van der Waals surface area contributed by atoms with Gasteiger partial charge in [0.1, 0.15) is 17.2 Å². The topological polar surface area (TPSA) is 91.2 Å². The van der Waals surface area contributed by atoms with E-state index in [-0.39, 0.29) is 11.2 Å². The Hall–Kier alpha value is -3.07. The van der Waals surface area contributed by atoms with Crippen LogP contribution in [-0.2, 0) is 11.2 Å². The van der Waals surface area contributed by atoms with Gasteiger partial charge in [-0.2, -0.15) is 4.68 Å². The summed E-state index contributed by atoms with van der Waals surface area (Å²) < 4.78 is 12.3. The van der Waals surface area contributed by atoms with E-state index >= 15 is 0 Å². The molecule has 2 aromatic carbocycles. The third kappa shape index (κ3) is 3.53. The van der Waals surface area contributed by atoms with Crippen LogP contribution >= 0.6 is 11.8 Å². The summed E-state index contributed by atoms with van der Waals surface area (Å²) in [6.07, 6.45) is 1.49. The monoisotopic (exact) mass is 397 g/mol. The molecule has 2 heterocycles. The molecule has 9 heteroatoms. The average Bonchev–Trinajstić information content (AvgIpc) is 3.12. The third-order valence-corrected chi connectivity index (χ3v) is 5.75. The number of thioether (sulfide) groups is 1. The van der Waals surface area contributed by atoms with Crippen molar-refractivity contribution in [1.82, 2.24) is 20.2 Å². The first kappa shape index (κ1) is 18.3. The Labute approximate surface area is 166 Å². The molecule has 1 atom stereocenters. The van der Waals surface area contributed by atoms with Crippen molar-refractivity contribution >= 4 is 23.4 Å². The molecule has 1 aromatic heterocycles. The van der Waals surface area contributed by atoms with Crippen LogP contribution in [0.5, 0.6) is 11.5 Å². The molecular weight excluding hydrogens is 378 g/mol. The SMILES string of the molecule is COc1ccc(OC)c(-n2nnnc2S[C@@H]2CCc3ccccc3NC2=O)c1. The number of para-hydroxylation sites is 1. The minimum absolute atomic E-state index is 0.0536. The number of ether oxygens (including phenoxy) is 2. The standard InChI is InChI=1S/C19H19N5O3S/c1-26-13-8-9-16(27-2)15(11-13)24-19(21-22-23-24)28-17-10-7-12-5-3-4-6-14(12)20-18(17)25/h3-6,8-9,11,17H,7,10H2,1-2H3,(H,20,25)/t17-/m1/s1. The van der Waals surface area contributed by atoms with Crippen LogP contribution in [0.3, 0.4) is 0 Å². The number of rotatable bonds is 5. The van der Waals surface area contributed by atoms with Gasteiger partial charge in [0.05, 0.1) is 19.5 Å². The van der Waals surface area contributed by atoms with E-state index in [4.69, 9.17) is 9.47 Å². The number of tetrazole rings is 1. The van der Waals surface area contributed by atoms with Crippen LogP contribution < -0.4 is 14.8 Å². The number of aromatic nitrogens is 4. The van der Waals surface area contributed by atoms with Gasteiger partial charge in [-0.1, -0.05) is 30.0 Å². The summed E-state index contributed by atoms with van der Waals surface area (Å²) in [7, 11) is 3.17. The van der Waals surface area contributed by atoms with Crippen molar-refractivity contribution < 1.29 is 14.3 Å². The zero-order valence-electron chi connectivity index (χ0n) is 15.5. The van der Waals surface area contributed by atoms with Crippen LogP contribution in [0.1, 0.15) is 12.0 Å². The van der Waals surface area contributed by atoms with Gasteiger partial charge in [-0.3, -0.25) is 4.79 Å². The zero-order valence-corrected chi connectivity index (χ0v) is 16.3. The Morgan fingerprint density at radius 2 is 2.04 bits per heavy atom. The summed E-state index contributed by atoms with van der Waals surface area (Å²) in [6.45, 7) is 0.